The minimum atomic E-state index is -0.260. The van der Waals surface area contributed by atoms with Crippen molar-refractivity contribution in [3.63, 3.8) is 0 Å². The van der Waals surface area contributed by atoms with Crippen LogP contribution in [0.5, 0.6) is 0 Å². The predicted molar refractivity (Wildman–Crippen MR) is 103 cm³/mol. The van der Waals surface area contributed by atoms with Gasteiger partial charge in [-0.1, -0.05) is 68.4 Å². The molecule has 0 N–H and O–H groups in total. The van der Waals surface area contributed by atoms with Crippen molar-refractivity contribution in [2.24, 2.45) is 0 Å². The summed E-state index contributed by atoms with van der Waals surface area (Å²) < 4.78 is 4.29. The van der Waals surface area contributed by atoms with Crippen molar-refractivity contribution < 1.29 is 8.98 Å². The van der Waals surface area contributed by atoms with Crippen LogP contribution in [0.2, 0.25) is 0 Å². The summed E-state index contributed by atoms with van der Waals surface area (Å²) in [4.78, 5) is 10.8. The highest BCUT2D eigenvalue weighted by atomic mass is 32.1. The summed E-state index contributed by atoms with van der Waals surface area (Å²) in [6.45, 7) is 2.23. The molecule has 0 aromatic heterocycles. The second-order valence-electron chi connectivity index (χ2n) is 5.44. The third-order valence-corrected chi connectivity index (χ3v) is 3.51. The van der Waals surface area contributed by atoms with E-state index in [2.05, 4.69) is 72.6 Å². The predicted octanol–water partition coefficient (Wildman–Crippen LogP) is 6.52. The molecule has 0 heterocycles. The van der Waals surface area contributed by atoms with E-state index in [0.717, 1.165) is 32.1 Å². The lowest BCUT2D eigenvalue weighted by Crippen LogP contribution is -1.94. The quantitative estimate of drug-likeness (QED) is 0.169. The number of hydrogen-bond donors (Lipinski definition) is 1. The van der Waals surface area contributed by atoms with Gasteiger partial charge in [0.25, 0.3) is 0 Å². The summed E-state index contributed by atoms with van der Waals surface area (Å²) in [6.07, 6.45) is 27.8. The lowest BCUT2D eigenvalue weighted by atomic mass is 10.2. The summed E-state index contributed by atoms with van der Waals surface area (Å²) in [5, 5.41) is 0. The molecule has 0 aromatic carbocycles. The molecule has 0 bridgehead atoms. The molecule has 0 atom stereocenters. The molecule has 0 saturated heterocycles. The van der Waals surface area contributed by atoms with Crippen molar-refractivity contribution in [1.82, 2.24) is 0 Å². The van der Waals surface area contributed by atoms with E-state index < -0.39 is 0 Å². The van der Waals surface area contributed by atoms with Crippen molar-refractivity contribution in [2.75, 3.05) is 0 Å². The third kappa shape index (κ3) is 18.7. The van der Waals surface area contributed by atoms with Gasteiger partial charge in [0.2, 0.25) is 0 Å². The van der Waals surface area contributed by atoms with E-state index in [0.29, 0.717) is 6.42 Å². The number of allylic oxidation sites excluding steroid dienone is 8. The molecule has 0 aliphatic heterocycles. The maximum absolute atomic E-state index is 10.8. The maximum atomic E-state index is 10.8. The van der Waals surface area contributed by atoms with E-state index in [1.165, 1.54) is 25.7 Å². The highest BCUT2D eigenvalue weighted by Crippen LogP contribution is 2.02. The second kappa shape index (κ2) is 18.8. The largest absolute Gasteiger partial charge is 0.395 e. The molecule has 0 aliphatic carbocycles. The molecular weight excluding hydrogens is 304 g/mol. The molecule has 23 heavy (non-hydrogen) atoms. The molecule has 0 unspecified atom stereocenters. The van der Waals surface area contributed by atoms with Crippen molar-refractivity contribution in [1.29, 1.82) is 0 Å². The fourth-order valence-corrected chi connectivity index (χ4v) is 2.06. The van der Waals surface area contributed by atoms with Crippen LogP contribution in [0.15, 0.2) is 48.6 Å². The van der Waals surface area contributed by atoms with Gasteiger partial charge < -0.3 is 4.18 Å². The number of carbonyl (C=O) groups excluding carboxylic acids is 1. The monoisotopic (exact) mass is 336 g/mol. The molecule has 130 valence electrons. The number of rotatable bonds is 14. The van der Waals surface area contributed by atoms with Crippen LogP contribution in [0, 0.1) is 0 Å². The fourth-order valence-electron chi connectivity index (χ4n) is 1.97. The van der Waals surface area contributed by atoms with Crippen LogP contribution in [-0.2, 0) is 8.98 Å². The van der Waals surface area contributed by atoms with E-state index in [4.69, 9.17) is 0 Å². The Labute approximate surface area is 148 Å². The van der Waals surface area contributed by atoms with E-state index in [-0.39, 0.29) is 5.97 Å². The van der Waals surface area contributed by atoms with Crippen molar-refractivity contribution in [3.05, 3.63) is 48.6 Å². The van der Waals surface area contributed by atoms with Crippen molar-refractivity contribution in [2.45, 2.75) is 71.1 Å². The van der Waals surface area contributed by atoms with Crippen LogP contribution in [-0.4, -0.2) is 5.97 Å². The first kappa shape index (κ1) is 21.8. The van der Waals surface area contributed by atoms with Crippen LogP contribution in [0.1, 0.15) is 71.1 Å². The van der Waals surface area contributed by atoms with Gasteiger partial charge >= 0.3 is 5.97 Å². The molecule has 0 aromatic rings. The molecule has 0 radical (unpaired) electrons. The summed E-state index contributed by atoms with van der Waals surface area (Å²) in [5.74, 6) is -0.260. The number of unbranched alkanes of at least 4 members (excludes halogenated alkanes) is 4. The highest BCUT2D eigenvalue weighted by molar-refractivity contribution is 7.75. The molecule has 0 fully saturated rings. The average molecular weight is 337 g/mol. The smallest absolute Gasteiger partial charge is 0.317 e. The molecule has 0 amide bonds. The van der Waals surface area contributed by atoms with Crippen LogP contribution in [0.4, 0.5) is 0 Å². The Hall–Kier alpha value is -1.22. The molecule has 0 spiro atoms. The standard InChI is InChI=1S/C20H32O2S/c1-2-3-4-5-6-7-8-9-10-11-12-13-14-15-16-17-18-19-20(21)22-23/h6-7,9-10,12-13,15-16,23H,2-5,8,11,14,17-19H2,1H3/b7-6-,10-9-,13-12-,16-15-. The zero-order valence-electron chi connectivity index (χ0n) is 14.5. The topological polar surface area (TPSA) is 26.3 Å². The number of carbonyl (C=O) groups is 1. The zero-order chi connectivity index (χ0) is 17.0. The Kier molecular flexibility index (Phi) is 17.8. The summed E-state index contributed by atoms with van der Waals surface area (Å²) in [5.41, 5.74) is 0. The van der Waals surface area contributed by atoms with Gasteiger partial charge in [-0.3, -0.25) is 4.79 Å². The summed E-state index contributed by atoms with van der Waals surface area (Å²) >= 11 is 3.46. The zero-order valence-corrected chi connectivity index (χ0v) is 15.3. The van der Waals surface area contributed by atoms with Gasteiger partial charge in [0.15, 0.2) is 0 Å². The fraction of sp³-hybridized carbons (Fsp3) is 0.550. The third-order valence-electron chi connectivity index (χ3n) is 3.31. The molecule has 2 nitrogen and oxygen atoms in total. The van der Waals surface area contributed by atoms with Crippen LogP contribution in [0.3, 0.4) is 0 Å². The lowest BCUT2D eigenvalue weighted by Gasteiger charge is -1.93. The second-order valence-corrected chi connectivity index (χ2v) is 5.63. The molecule has 3 heteroatoms. The molecular formula is C20H32O2S. The van der Waals surface area contributed by atoms with Gasteiger partial charge in [0.1, 0.15) is 0 Å². The van der Waals surface area contributed by atoms with E-state index >= 15 is 0 Å². The SMILES string of the molecule is CCCCC/C=C\C/C=C\C/C=C\C/C=C\CCCC(=O)OS. The Balaban J connectivity index is 3.42. The van der Waals surface area contributed by atoms with Gasteiger partial charge in [-0.15, -0.1) is 0 Å². The molecule has 0 rings (SSSR count). The van der Waals surface area contributed by atoms with Crippen LogP contribution >= 0.6 is 12.9 Å². The maximum Gasteiger partial charge on any atom is 0.317 e. The van der Waals surface area contributed by atoms with E-state index in [9.17, 15) is 4.79 Å². The minimum Gasteiger partial charge on any atom is -0.395 e. The van der Waals surface area contributed by atoms with Gasteiger partial charge in [-0.05, 0) is 44.9 Å². The Morgan fingerprint density at radius 2 is 1.26 bits per heavy atom. The normalized spacial score (nSPS) is 12.3. The minimum absolute atomic E-state index is 0.260. The number of hydrogen-bond acceptors (Lipinski definition) is 3. The first-order valence-corrected chi connectivity index (χ1v) is 9.12. The summed E-state index contributed by atoms with van der Waals surface area (Å²) in [6, 6.07) is 0. The highest BCUT2D eigenvalue weighted by Gasteiger charge is 1.97. The molecule has 0 aliphatic rings. The van der Waals surface area contributed by atoms with Gasteiger partial charge in [-0.25, -0.2) is 0 Å². The average Bonchev–Trinajstić information content (AvgIpc) is 2.57. The van der Waals surface area contributed by atoms with Crippen LogP contribution in [0.25, 0.3) is 0 Å². The first-order chi connectivity index (χ1) is 11.3. The van der Waals surface area contributed by atoms with Gasteiger partial charge in [0, 0.05) is 19.3 Å². The van der Waals surface area contributed by atoms with Crippen molar-refractivity contribution in [3.8, 4) is 0 Å². The first-order valence-electron chi connectivity index (χ1n) is 8.75. The lowest BCUT2D eigenvalue weighted by molar-refractivity contribution is -0.132. The number of thiol groups is 1. The van der Waals surface area contributed by atoms with Crippen LogP contribution < -0.4 is 0 Å². The Morgan fingerprint density at radius 1 is 0.783 bits per heavy atom. The van der Waals surface area contributed by atoms with Gasteiger partial charge in [-0.2, -0.15) is 0 Å². The molecule has 0 saturated carbocycles. The van der Waals surface area contributed by atoms with Gasteiger partial charge in [0.05, 0.1) is 0 Å². The Morgan fingerprint density at radius 3 is 1.74 bits per heavy atom. The van der Waals surface area contributed by atoms with E-state index in [1.54, 1.807) is 0 Å². The summed E-state index contributed by atoms with van der Waals surface area (Å²) in [7, 11) is 0. The Bertz CT molecular complexity index is 381. The van der Waals surface area contributed by atoms with E-state index in [1.807, 2.05) is 0 Å². The van der Waals surface area contributed by atoms with Crippen molar-refractivity contribution >= 4 is 18.9 Å².